The summed E-state index contributed by atoms with van der Waals surface area (Å²) in [6, 6.07) is 23.1. The number of nitrogens with one attached hydrogen (secondary N) is 1. The van der Waals surface area contributed by atoms with Crippen LogP contribution < -0.4 is 5.32 Å². The molecule has 0 spiro atoms. The van der Waals surface area contributed by atoms with Crippen molar-refractivity contribution in [2.24, 2.45) is 0 Å². The van der Waals surface area contributed by atoms with E-state index in [1.54, 1.807) is 0 Å². The molecule has 2 nitrogen and oxygen atoms in total. The van der Waals surface area contributed by atoms with E-state index in [-0.39, 0.29) is 6.04 Å². The largest absolute Gasteiger partial charge is 0.373 e. The SMILES string of the molecule is O=C1CCCC2=C1C(c1ccccc1)Nc1ccc3ccccc3c12. The number of rotatable bonds is 1. The van der Waals surface area contributed by atoms with Crippen molar-refractivity contribution in [3.63, 3.8) is 0 Å². The molecule has 1 unspecified atom stereocenters. The van der Waals surface area contributed by atoms with Gasteiger partial charge in [-0.15, -0.1) is 0 Å². The van der Waals surface area contributed by atoms with Crippen LogP contribution in [-0.4, -0.2) is 5.78 Å². The number of allylic oxidation sites excluding steroid dienone is 1. The van der Waals surface area contributed by atoms with E-state index in [1.165, 1.54) is 21.9 Å². The number of hydrogen-bond donors (Lipinski definition) is 1. The molecule has 2 aliphatic rings. The minimum Gasteiger partial charge on any atom is -0.373 e. The summed E-state index contributed by atoms with van der Waals surface area (Å²) in [5.41, 5.74) is 5.75. The van der Waals surface area contributed by atoms with E-state index >= 15 is 0 Å². The number of carbonyl (C=O) groups excluding carboxylic acids is 1. The van der Waals surface area contributed by atoms with Crippen LogP contribution in [0.15, 0.2) is 72.3 Å². The standard InChI is InChI=1S/C23H19NO/c25-20-12-6-11-18-21-17-10-5-4-7-15(17)13-14-19(21)24-23(22(18)20)16-8-2-1-3-9-16/h1-5,7-10,13-14,23-24H,6,11-12H2. The fourth-order valence-corrected chi connectivity index (χ4v) is 4.30. The van der Waals surface area contributed by atoms with Crippen LogP contribution in [0.5, 0.6) is 0 Å². The molecule has 0 amide bonds. The van der Waals surface area contributed by atoms with Gasteiger partial charge in [-0.1, -0.05) is 60.7 Å². The first-order valence-electron chi connectivity index (χ1n) is 8.93. The quantitative estimate of drug-likeness (QED) is 0.639. The molecule has 0 fully saturated rings. The van der Waals surface area contributed by atoms with Gasteiger partial charge in [0.2, 0.25) is 0 Å². The van der Waals surface area contributed by atoms with E-state index < -0.39 is 0 Å². The fourth-order valence-electron chi connectivity index (χ4n) is 4.30. The monoisotopic (exact) mass is 325 g/mol. The first kappa shape index (κ1) is 14.5. The Morgan fingerprint density at radius 1 is 0.840 bits per heavy atom. The van der Waals surface area contributed by atoms with Crippen LogP contribution in [0.25, 0.3) is 16.3 Å². The minimum absolute atomic E-state index is 0.0438. The second kappa shape index (κ2) is 5.59. The van der Waals surface area contributed by atoms with Gasteiger partial charge in [0.15, 0.2) is 5.78 Å². The maximum Gasteiger partial charge on any atom is 0.161 e. The normalized spacial score (nSPS) is 19.4. The van der Waals surface area contributed by atoms with Gasteiger partial charge < -0.3 is 5.32 Å². The van der Waals surface area contributed by atoms with Crippen molar-refractivity contribution < 1.29 is 4.79 Å². The zero-order valence-electron chi connectivity index (χ0n) is 14.0. The molecule has 2 heteroatoms. The molecule has 0 bridgehead atoms. The predicted octanol–water partition coefficient (Wildman–Crippen LogP) is 5.51. The van der Waals surface area contributed by atoms with Gasteiger partial charge in [-0.2, -0.15) is 0 Å². The average molecular weight is 325 g/mol. The Morgan fingerprint density at radius 2 is 1.64 bits per heavy atom. The van der Waals surface area contributed by atoms with Crippen LogP contribution in [0.3, 0.4) is 0 Å². The molecule has 0 saturated carbocycles. The maximum absolute atomic E-state index is 12.9. The van der Waals surface area contributed by atoms with E-state index in [0.717, 1.165) is 29.7 Å². The van der Waals surface area contributed by atoms with Gasteiger partial charge in [0, 0.05) is 23.2 Å². The summed E-state index contributed by atoms with van der Waals surface area (Å²) in [5.74, 6) is 0.293. The van der Waals surface area contributed by atoms with Gasteiger partial charge in [0.25, 0.3) is 0 Å². The van der Waals surface area contributed by atoms with Gasteiger partial charge in [-0.3, -0.25) is 4.79 Å². The molecule has 0 saturated heterocycles. The van der Waals surface area contributed by atoms with Gasteiger partial charge >= 0.3 is 0 Å². The van der Waals surface area contributed by atoms with Crippen molar-refractivity contribution in [1.29, 1.82) is 0 Å². The molecular weight excluding hydrogens is 306 g/mol. The molecule has 1 atom stereocenters. The third-order valence-electron chi connectivity index (χ3n) is 5.41. The number of anilines is 1. The summed E-state index contributed by atoms with van der Waals surface area (Å²) in [4.78, 5) is 12.9. The minimum atomic E-state index is -0.0438. The van der Waals surface area contributed by atoms with Crippen molar-refractivity contribution in [2.75, 3.05) is 5.32 Å². The number of benzene rings is 3. The van der Waals surface area contributed by atoms with E-state index in [9.17, 15) is 4.79 Å². The summed E-state index contributed by atoms with van der Waals surface area (Å²) in [6.07, 6.45) is 2.58. The molecule has 25 heavy (non-hydrogen) atoms. The van der Waals surface area contributed by atoms with Gasteiger partial charge in [-0.05, 0) is 40.8 Å². The highest BCUT2D eigenvalue weighted by atomic mass is 16.1. The summed E-state index contributed by atoms with van der Waals surface area (Å²) < 4.78 is 0. The number of carbonyl (C=O) groups is 1. The Morgan fingerprint density at radius 3 is 2.52 bits per heavy atom. The Balaban J connectivity index is 1.81. The van der Waals surface area contributed by atoms with Crippen molar-refractivity contribution in [3.8, 4) is 0 Å². The van der Waals surface area contributed by atoms with E-state index in [4.69, 9.17) is 0 Å². The molecule has 1 N–H and O–H groups in total. The molecule has 5 rings (SSSR count). The highest BCUT2D eigenvalue weighted by molar-refractivity contribution is 6.12. The summed E-state index contributed by atoms with van der Waals surface area (Å²) >= 11 is 0. The first-order valence-corrected chi connectivity index (χ1v) is 8.93. The number of hydrogen-bond acceptors (Lipinski definition) is 2. The van der Waals surface area contributed by atoms with Crippen LogP contribution in [0.1, 0.15) is 36.4 Å². The van der Waals surface area contributed by atoms with Gasteiger partial charge in [0.05, 0.1) is 6.04 Å². The van der Waals surface area contributed by atoms with E-state index in [0.29, 0.717) is 12.2 Å². The number of Topliss-reactive ketones (excluding diaryl/α,β-unsaturated/α-hetero) is 1. The van der Waals surface area contributed by atoms with Crippen molar-refractivity contribution in [3.05, 3.63) is 83.4 Å². The lowest BCUT2D eigenvalue weighted by Crippen LogP contribution is -2.27. The smallest absolute Gasteiger partial charge is 0.161 e. The average Bonchev–Trinajstić information content (AvgIpc) is 2.68. The van der Waals surface area contributed by atoms with Crippen LogP contribution in [0.4, 0.5) is 5.69 Å². The van der Waals surface area contributed by atoms with Crippen LogP contribution >= 0.6 is 0 Å². The van der Waals surface area contributed by atoms with Crippen molar-refractivity contribution in [2.45, 2.75) is 25.3 Å². The summed E-state index contributed by atoms with van der Waals surface area (Å²) in [7, 11) is 0. The summed E-state index contributed by atoms with van der Waals surface area (Å²) in [5, 5.41) is 6.12. The van der Waals surface area contributed by atoms with Crippen molar-refractivity contribution in [1.82, 2.24) is 0 Å². The number of ketones is 1. The van der Waals surface area contributed by atoms with E-state index in [2.05, 4.69) is 53.8 Å². The van der Waals surface area contributed by atoms with Crippen LogP contribution in [-0.2, 0) is 4.79 Å². The molecular formula is C23H19NO. The molecule has 0 aromatic heterocycles. The lowest BCUT2D eigenvalue weighted by atomic mass is 9.77. The first-order chi connectivity index (χ1) is 12.3. The van der Waals surface area contributed by atoms with Gasteiger partial charge in [-0.25, -0.2) is 0 Å². The fraction of sp³-hybridized carbons (Fsp3) is 0.174. The second-order valence-corrected chi connectivity index (χ2v) is 6.87. The highest BCUT2D eigenvalue weighted by Gasteiger charge is 2.34. The molecule has 3 aromatic rings. The molecule has 122 valence electrons. The molecule has 1 aliphatic heterocycles. The second-order valence-electron chi connectivity index (χ2n) is 6.87. The Bertz CT molecular complexity index is 1020. The zero-order chi connectivity index (χ0) is 16.8. The lowest BCUT2D eigenvalue weighted by Gasteiger charge is -2.35. The predicted molar refractivity (Wildman–Crippen MR) is 103 cm³/mol. The molecule has 1 heterocycles. The topological polar surface area (TPSA) is 29.1 Å². The third-order valence-corrected chi connectivity index (χ3v) is 5.41. The van der Waals surface area contributed by atoms with E-state index in [1.807, 2.05) is 18.2 Å². The number of fused-ring (bicyclic) bond motifs is 4. The summed E-state index contributed by atoms with van der Waals surface area (Å²) in [6.45, 7) is 0. The zero-order valence-corrected chi connectivity index (χ0v) is 14.0. The molecule has 3 aromatic carbocycles. The highest BCUT2D eigenvalue weighted by Crippen LogP contribution is 2.47. The van der Waals surface area contributed by atoms with Crippen LogP contribution in [0.2, 0.25) is 0 Å². The third kappa shape index (κ3) is 2.21. The van der Waals surface area contributed by atoms with Crippen molar-refractivity contribution >= 4 is 27.8 Å². The van der Waals surface area contributed by atoms with Gasteiger partial charge in [0.1, 0.15) is 0 Å². The lowest BCUT2D eigenvalue weighted by molar-refractivity contribution is -0.116. The molecule has 0 radical (unpaired) electrons. The Labute approximate surface area is 147 Å². The van der Waals surface area contributed by atoms with Crippen LogP contribution in [0, 0.1) is 0 Å². The maximum atomic E-state index is 12.9. The molecule has 1 aliphatic carbocycles. The Kier molecular flexibility index (Phi) is 3.24. The Hall–Kier alpha value is -2.87.